The number of anilines is 1. The summed E-state index contributed by atoms with van der Waals surface area (Å²) in [6, 6.07) is 20.6. The van der Waals surface area contributed by atoms with Crippen LogP contribution in [0.1, 0.15) is 37.0 Å². The maximum absolute atomic E-state index is 12.7. The number of hydrogen-bond donors (Lipinski definition) is 2. The summed E-state index contributed by atoms with van der Waals surface area (Å²) < 4.78 is 5.93. The fraction of sp³-hybridized carbons (Fsp3) is 0.250. The number of hydrogen-bond acceptors (Lipinski definition) is 3. The summed E-state index contributed by atoms with van der Waals surface area (Å²) in [5.74, 6) is 0.139. The number of carbonyl (C=O) groups is 2. The van der Waals surface area contributed by atoms with E-state index in [1.165, 1.54) is 0 Å². The van der Waals surface area contributed by atoms with Gasteiger partial charge in [-0.15, -0.1) is 0 Å². The molecular formula is C24H26N2O3. The fourth-order valence-corrected chi connectivity index (χ4v) is 3.04. The highest BCUT2D eigenvalue weighted by atomic mass is 16.5. The second kappa shape index (κ2) is 9.73. The zero-order chi connectivity index (χ0) is 20.6. The topological polar surface area (TPSA) is 67.4 Å². The third-order valence-corrected chi connectivity index (χ3v) is 4.67. The van der Waals surface area contributed by atoms with Crippen LogP contribution < -0.4 is 15.4 Å². The van der Waals surface area contributed by atoms with E-state index in [4.69, 9.17) is 4.74 Å². The molecule has 150 valence electrons. The summed E-state index contributed by atoms with van der Waals surface area (Å²) in [7, 11) is 0. The van der Waals surface area contributed by atoms with Crippen LogP contribution in [0.15, 0.2) is 66.7 Å². The van der Waals surface area contributed by atoms with Gasteiger partial charge in [0.15, 0.2) is 6.10 Å². The quantitative estimate of drug-likeness (QED) is 0.544. The van der Waals surface area contributed by atoms with Crippen molar-refractivity contribution >= 4 is 28.3 Å². The first-order valence-corrected chi connectivity index (χ1v) is 9.92. The van der Waals surface area contributed by atoms with Gasteiger partial charge < -0.3 is 15.4 Å². The number of nitrogens with one attached hydrogen (secondary N) is 2. The molecule has 0 fully saturated rings. The van der Waals surface area contributed by atoms with E-state index in [0.29, 0.717) is 23.5 Å². The van der Waals surface area contributed by atoms with E-state index in [2.05, 4.69) is 17.6 Å². The van der Waals surface area contributed by atoms with Gasteiger partial charge in [0.1, 0.15) is 5.75 Å². The van der Waals surface area contributed by atoms with Crippen LogP contribution in [0.2, 0.25) is 0 Å². The van der Waals surface area contributed by atoms with Crippen LogP contribution in [0.3, 0.4) is 0 Å². The van der Waals surface area contributed by atoms with Crippen LogP contribution in [0.4, 0.5) is 5.69 Å². The lowest BCUT2D eigenvalue weighted by atomic mass is 10.1. The largest absolute Gasteiger partial charge is 0.480 e. The lowest BCUT2D eigenvalue weighted by molar-refractivity contribution is -0.122. The first-order chi connectivity index (χ1) is 14.1. The van der Waals surface area contributed by atoms with Gasteiger partial charge in [0.25, 0.3) is 11.8 Å². The Balaban J connectivity index is 1.71. The van der Waals surface area contributed by atoms with Gasteiger partial charge >= 0.3 is 0 Å². The standard InChI is InChI=1S/C24H26N2O3/c1-3-4-16-25-24(28)20-13-7-8-14-21(20)26-23(27)17(2)29-22-15-9-11-18-10-5-6-12-19(18)22/h5-15,17H,3-4,16H2,1-2H3,(H,25,28)(H,26,27). The molecule has 0 aliphatic heterocycles. The lowest BCUT2D eigenvalue weighted by Crippen LogP contribution is -2.32. The molecule has 0 radical (unpaired) electrons. The van der Waals surface area contributed by atoms with Crippen LogP contribution in [0, 0.1) is 0 Å². The van der Waals surface area contributed by atoms with E-state index >= 15 is 0 Å². The van der Waals surface area contributed by atoms with E-state index in [9.17, 15) is 9.59 Å². The van der Waals surface area contributed by atoms with E-state index in [-0.39, 0.29) is 11.8 Å². The first-order valence-electron chi connectivity index (χ1n) is 9.92. The number of fused-ring (bicyclic) bond motifs is 1. The lowest BCUT2D eigenvalue weighted by Gasteiger charge is -2.17. The number of rotatable bonds is 8. The predicted molar refractivity (Wildman–Crippen MR) is 116 cm³/mol. The minimum atomic E-state index is -0.725. The summed E-state index contributed by atoms with van der Waals surface area (Å²) in [6.07, 6.45) is 1.19. The number of carbonyl (C=O) groups excluding carboxylic acids is 2. The Morgan fingerprint density at radius 2 is 1.69 bits per heavy atom. The molecule has 3 rings (SSSR count). The van der Waals surface area contributed by atoms with Crippen LogP contribution in [-0.2, 0) is 4.79 Å². The molecule has 0 spiro atoms. The summed E-state index contributed by atoms with van der Waals surface area (Å²) in [4.78, 5) is 25.2. The molecule has 0 aromatic heterocycles. The van der Waals surface area contributed by atoms with Crippen molar-refractivity contribution in [2.24, 2.45) is 0 Å². The van der Waals surface area contributed by atoms with Crippen molar-refractivity contribution < 1.29 is 14.3 Å². The normalized spacial score (nSPS) is 11.7. The van der Waals surface area contributed by atoms with Crippen LogP contribution >= 0.6 is 0 Å². The average molecular weight is 390 g/mol. The van der Waals surface area contributed by atoms with Gasteiger partial charge in [-0.3, -0.25) is 9.59 Å². The van der Waals surface area contributed by atoms with Gasteiger partial charge in [0, 0.05) is 11.9 Å². The maximum Gasteiger partial charge on any atom is 0.265 e. The number of para-hydroxylation sites is 1. The van der Waals surface area contributed by atoms with E-state index < -0.39 is 6.10 Å². The molecule has 29 heavy (non-hydrogen) atoms. The Morgan fingerprint density at radius 3 is 2.52 bits per heavy atom. The predicted octanol–water partition coefficient (Wildman–Crippen LogP) is 4.78. The zero-order valence-electron chi connectivity index (χ0n) is 16.8. The molecule has 5 nitrogen and oxygen atoms in total. The second-order valence-corrected chi connectivity index (χ2v) is 6.88. The van der Waals surface area contributed by atoms with Crippen molar-refractivity contribution in [1.29, 1.82) is 0 Å². The van der Waals surface area contributed by atoms with Gasteiger partial charge in [-0.05, 0) is 36.9 Å². The van der Waals surface area contributed by atoms with E-state index in [1.807, 2.05) is 42.5 Å². The second-order valence-electron chi connectivity index (χ2n) is 6.88. The molecule has 0 saturated carbocycles. The molecular weight excluding hydrogens is 364 g/mol. The maximum atomic E-state index is 12.7. The molecule has 0 bridgehead atoms. The minimum Gasteiger partial charge on any atom is -0.480 e. The highest BCUT2D eigenvalue weighted by molar-refractivity contribution is 6.04. The van der Waals surface area contributed by atoms with Crippen molar-refractivity contribution in [3.8, 4) is 5.75 Å². The van der Waals surface area contributed by atoms with Gasteiger partial charge in [0.05, 0.1) is 11.3 Å². The molecule has 2 N–H and O–H groups in total. The Labute approximate surface area is 171 Å². The molecule has 0 aliphatic rings. The molecule has 2 amide bonds. The average Bonchev–Trinajstić information content (AvgIpc) is 2.74. The van der Waals surface area contributed by atoms with Crippen LogP contribution in [0.25, 0.3) is 10.8 Å². The van der Waals surface area contributed by atoms with E-state index in [1.54, 1.807) is 31.2 Å². The molecule has 0 heterocycles. The Bertz CT molecular complexity index is 995. The third kappa shape index (κ3) is 5.13. The highest BCUT2D eigenvalue weighted by Gasteiger charge is 2.19. The molecule has 5 heteroatoms. The summed E-state index contributed by atoms with van der Waals surface area (Å²) in [6.45, 7) is 4.37. The Kier molecular flexibility index (Phi) is 6.85. The number of unbranched alkanes of at least 4 members (excludes halogenated alkanes) is 1. The van der Waals surface area contributed by atoms with Crippen molar-refractivity contribution in [3.05, 3.63) is 72.3 Å². The van der Waals surface area contributed by atoms with Crippen LogP contribution in [-0.4, -0.2) is 24.5 Å². The van der Waals surface area contributed by atoms with Gasteiger partial charge in [-0.1, -0.05) is 61.9 Å². The van der Waals surface area contributed by atoms with Crippen LogP contribution in [0.5, 0.6) is 5.75 Å². The molecule has 0 saturated heterocycles. The van der Waals surface area contributed by atoms with Gasteiger partial charge in [-0.2, -0.15) is 0 Å². The zero-order valence-corrected chi connectivity index (χ0v) is 16.8. The SMILES string of the molecule is CCCCNC(=O)c1ccccc1NC(=O)C(C)Oc1cccc2ccccc12. The first kappa shape index (κ1) is 20.4. The molecule has 1 unspecified atom stereocenters. The van der Waals surface area contributed by atoms with Crippen molar-refractivity contribution in [2.45, 2.75) is 32.8 Å². The molecule has 3 aromatic carbocycles. The number of benzene rings is 3. The fourth-order valence-electron chi connectivity index (χ4n) is 3.04. The van der Waals surface area contributed by atoms with Crippen molar-refractivity contribution in [3.63, 3.8) is 0 Å². The molecule has 0 aliphatic carbocycles. The Morgan fingerprint density at radius 1 is 0.966 bits per heavy atom. The highest BCUT2D eigenvalue weighted by Crippen LogP contribution is 2.26. The molecule has 1 atom stereocenters. The van der Waals surface area contributed by atoms with E-state index in [0.717, 1.165) is 23.6 Å². The smallest absolute Gasteiger partial charge is 0.265 e. The summed E-state index contributed by atoms with van der Waals surface area (Å²) >= 11 is 0. The summed E-state index contributed by atoms with van der Waals surface area (Å²) in [5, 5.41) is 7.70. The number of amides is 2. The monoisotopic (exact) mass is 390 g/mol. The third-order valence-electron chi connectivity index (χ3n) is 4.67. The minimum absolute atomic E-state index is 0.197. The van der Waals surface area contributed by atoms with Gasteiger partial charge in [-0.25, -0.2) is 0 Å². The summed E-state index contributed by atoms with van der Waals surface area (Å²) in [5.41, 5.74) is 0.911. The van der Waals surface area contributed by atoms with Gasteiger partial charge in [0.2, 0.25) is 0 Å². The number of ether oxygens (including phenoxy) is 1. The Hall–Kier alpha value is -3.34. The van der Waals surface area contributed by atoms with Crippen molar-refractivity contribution in [2.75, 3.05) is 11.9 Å². The molecule has 3 aromatic rings. The van der Waals surface area contributed by atoms with Crippen molar-refractivity contribution in [1.82, 2.24) is 5.32 Å².